The van der Waals surface area contributed by atoms with Crippen molar-refractivity contribution in [2.24, 2.45) is 5.92 Å². The molecule has 38 heavy (non-hydrogen) atoms. The molecule has 0 heterocycles. The van der Waals surface area contributed by atoms with Crippen LogP contribution in [0.1, 0.15) is 82.7 Å². The molecule has 2 N–H and O–H groups in total. The Labute approximate surface area is 228 Å². The van der Waals surface area contributed by atoms with Crippen LogP contribution in [0.2, 0.25) is 0 Å². The number of alkyl carbamates (subject to hydrolysis) is 1. The highest BCUT2D eigenvalue weighted by molar-refractivity contribution is 5.99. The largest absolute Gasteiger partial charge is 0.444 e. The monoisotopic (exact) mass is 523 g/mol. The lowest BCUT2D eigenvalue weighted by atomic mass is 9.94. The van der Waals surface area contributed by atoms with Crippen molar-refractivity contribution in [3.63, 3.8) is 0 Å². The van der Waals surface area contributed by atoms with E-state index in [2.05, 4.69) is 10.6 Å². The van der Waals surface area contributed by atoms with Gasteiger partial charge in [-0.15, -0.1) is 0 Å². The van der Waals surface area contributed by atoms with Gasteiger partial charge in [0.2, 0.25) is 5.91 Å². The average Bonchev–Trinajstić information content (AvgIpc) is 2.80. The first-order valence-corrected chi connectivity index (χ1v) is 13.5. The van der Waals surface area contributed by atoms with Gasteiger partial charge in [0, 0.05) is 12.2 Å². The van der Waals surface area contributed by atoms with E-state index in [1.165, 1.54) is 0 Å². The van der Waals surface area contributed by atoms with Crippen molar-refractivity contribution in [1.82, 2.24) is 10.2 Å². The Morgan fingerprint density at radius 3 is 2.16 bits per heavy atom. The van der Waals surface area contributed by atoms with Gasteiger partial charge in [0.05, 0.1) is 0 Å². The second-order valence-electron chi connectivity index (χ2n) is 11.4. The molecular formula is C31H45N3O4. The zero-order valence-electron chi connectivity index (χ0n) is 24.5. The summed E-state index contributed by atoms with van der Waals surface area (Å²) in [4.78, 5) is 42.5. The first-order valence-electron chi connectivity index (χ1n) is 13.5. The zero-order chi connectivity index (χ0) is 28.6. The summed E-state index contributed by atoms with van der Waals surface area (Å²) in [6.07, 6.45) is 0.406. The summed E-state index contributed by atoms with van der Waals surface area (Å²) in [6.45, 7) is 17.5. The number of ether oxygens (including phenoxy) is 1. The minimum atomic E-state index is -0.878. The summed E-state index contributed by atoms with van der Waals surface area (Å²) in [5.41, 5.74) is 3.67. The Balaban J connectivity index is 2.57. The van der Waals surface area contributed by atoms with E-state index < -0.39 is 23.8 Å². The second-order valence-corrected chi connectivity index (χ2v) is 11.4. The van der Waals surface area contributed by atoms with Crippen LogP contribution >= 0.6 is 0 Å². The minimum absolute atomic E-state index is 0.127. The number of amides is 3. The summed E-state index contributed by atoms with van der Waals surface area (Å²) in [5.74, 6) is -0.477. The molecule has 3 amide bonds. The van der Waals surface area contributed by atoms with Gasteiger partial charge in [-0.25, -0.2) is 4.79 Å². The lowest BCUT2D eigenvalue weighted by Gasteiger charge is -2.35. The number of hydrogen-bond acceptors (Lipinski definition) is 4. The number of carbonyl (C=O) groups is 3. The topological polar surface area (TPSA) is 87.7 Å². The summed E-state index contributed by atoms with van der Waals surface area (Å²) in [5, 5.41) is 5.85. The van der Waals surface area contributed by atoms with Gasteiger partial charge in [-0.05, 0) is 88.6 Å². The van der Waals surface area contributed by atoms with Crippen molar-refractivity contribution in [3.05, 3.63) is 64.7 Å². The third-order valence-electron chi connectivity index (χ3n) is 6.35. The Morgan fingerprint density at radius 2 is 1.58 bits per heavy atom. The molecular weight excluding hydrogens is 478 g/mol. The van der Waals surface area contributed by atoms with Gasteiger partial charge in [0.15, 0.2) is 0 Å². The molecule has 0 fully saturated rings. The first-order chi connectivity index (χ1) is 17.7. The Bertz CT molecular complexity index is 1120. The predicted octanol–water partition coefficient (Wildman–Crippen LogP) is 6.47. The normalized spacial score (nSPS) is 13.0. The maximum absolute atomic E-state index is 14.2. The van der Waals surface area contributed by atoms with Crippen LogP contribution in [0.15, 0.2) is 42.5 Å². The minimum Gasteiger partial charge on any atom is -0.444 e. The number of carbonyl (C=O) groups excluding carboxylic acids is 3. The quantitative estimate of drug-likeness (QED) is 0.374. The molecule has 2 aromatic rings. The summed E-state index contributed by atoms with van der Waals surface area (Å²) >= 11 is 0. The molecule has 7 heteroatoms. The van der Waals surface area contributed by atoms with Gasteiger partial charge in [-0.2, -0.15) is 0 Å². The van der Waals surface area contributed by atoms with Crippen LogP contribution < -0.4 is 10.6 Å². The maximum Gasteiger partial charge on any atom is 0.408 e. The fourth-order valence-corrected chi connectivity index (χ4v) is 4.39. The Morgan fingerprint density at radius 1 is 0.947 bits per heavy atom. The smallest absolute Gasteiger partial charge is 0.408 e. The van der Waals surface area contributed by atoms with Gasteiger partial charge in [0.1, 0.15) is 17.7 Å². The van der Waals surface area contributed by atoms with Crippen molar-refractivity contribution in [3.8, 4) is 0 Å². The predicted molar refractivity (Wildman–Crippen MR) is 153 cm³/mol. The van der Waals surface area contributed by atoms with E-state index in [1.54, 1.807) is 25.7 Å². The molecule has 0 spiro atoms. The van der Waals surface area contributed by atoms with E-state index in [4.69, 9.17) is 4.74 Å². The van der Waals surface area contributed by atoms with Gasteiger partial charge in [-0.1, -0.05) is 57.2 Å². The van der Waals surface area contributed by atoms with Gasteiger partial charge in [-0.3, -0.25) is 9.59 Å². The van der Waals surface area contributed by atoms with Crippen LogP contribution in [0.25, 0.3) is 0 Å². The third-order valence-corrected chi connectivity index (χ3v) is 6.35. The maximum atomic E-state index is 14.2. The van der Waals surface area contributed by atoms with E-state index in [1.807, 2.05) is 84.0 Å². The molecule has 7 nitrogen and oxygen atoms in total. The van der Waals surface area contributed by atoms with E-state index in [0.717, 1.165) is 22.3 Å². The molecule has 208 valence electrons. The van der Waals surface area contributed by atoms with Crippen molar-refractivity contribution < 1.29 is 19.1 Å². The molecule has 0 aromatic heterocycles. The third kappa shape index (κ3) is 8.61. The number of hydrogen-bond donors (Lipinski definition) is 2. The van der Waals surface area contributed by atoms with Crippen LogP contribution in [-0.2, 0) is 14.3 Å². The molecule has 0 bridgehead atoms. The van der Waals surface area contributed by atoms with Crippen molar-refractivity contribution in [2.75, 3.05) is 11.9 Å². The van der Waals surface area contributed by atoms with E-state index in [9.17, 15) is 14.4 Å². The number of aryl methyl sites for hydroxylation is 2. The molecule has 0 saturated heterocycles. The Kier molecular flexibility index (Phi) is 10.9. The number of benzene rings is 2. The molecule has 0 aliphatic heterocycles. The number of anilines is 1. The second kappa shape index (κ2) is 13.4. The van der Waals surface area contributed by atoms with Gasteiger partial charge >= 0.3 is 6.09 Å². The molecule has 2 rings (SSSR count). The molecule has 2 aromatic carbocycles. The van der Waals surface area contributed by atoms with Crippen LogP contribution in [0, 0.1) is 26.7 Å². The highest BCUT2D eigenvalue weighted by atomic mass is 16.6. The number of para-hydroxylation sites is 1. The van der Waals surface area contributed by atoms with E-state index in [0.29, 0.717) is 25.1 Å². The SMILES string of the molecule is CCCN(C(=O)C(CC(C)C)NC(=O)OC(C)(C)C)C(C(=O)Nc1ccccc1C)c1cccc(C)c1C. The molecule has 2 unspecified atom stereocenters. The fraction of sp³-hybridized carbons (Fsp3) is 0.516. The van der Waals surface area contributed by atoms with Crippen molar-refractivity contribution >= 4 is 23.6 Å². The molecule has 0 aliphatic rings. The summed E-state index contributed by atoms with van der Waals surface area (Å²) < 4.78 is 5.46. The standard InChI is InChI=1S/C31H45N3O4/c1-10-18-34(29(36)26(19-20(2)3)33-30(37)38-31(7,8)9)27(24-16-13-15-21(4)23(24)6)28(35)32-25-17-12-11-14-22(25)5/h11-17,20,26-27H,10,18-19H2,1-9H3,(H,32,35)(H,33,37). The zero-order valence-corrected chi connectivity index (χ0v) is 24.5. The molecule has 0 saturated carbocycles. The first kappa shape index (κ1) is 30.9. The average molecular weight is 524 g/mol. The highest BCUT2D eigenvalue weighted by Gasteiger charge is 2.37. The lowest BCUT2D eigenvalue weighted by molar-refractivity contribution is -0.141. The summed E-state index contributed by atoms with van der Waals surface area (Å²) in [7, 11) is 0. The van der Waals surface area contributed by atoms with Gasteiger partial charge in [0.25, 0.3) is 5.91 Å². The van der Waals surface area contributed by atoms with E-state index >= 15 is 0 Å². The molecule has 0 radical (unpaired) electrons. The lowest BCUT2D eigenvalue weighted by Crippen LogP contribution is -2.53. The molecule has 2 atom stereocenters. The van der Waals surface area contributed by atoms with Gasteiger partial charge < -0.3 is 20.3 Å². The van der Waals surface area contributed by atoms with Crippen LogP contribution in [0.5, 0.6) is 0 Å². The number of nitrogens with one attached hydrogen (secondary N) is 2. The number of rotatable bonds is 10. The van der Waals surface area contributed by atoms with Crippen LogP contribution in [0.3, 0.4) is 0 Å². The fourth-order valence-electron chi connectivity index (χ4n) is 4.39. The summed E-state index contributed by atoms with van der Waals surface area (Å²) in [6, 6.07) is 11.7. The molecule has 0 aliphatic carbocycles. The Hall–Kier alpha value is -3.35. The van der Waals surface area contributed by atoms with Crippen molar-refractivity contribution in [1.29, 1.82) is 0 Å². The van der Waals surface area contributed by atoms with E-state index in [-0.39, 0.29) is 17.7 Å². The highest BCUT2D eigenvalue weighted by Crippen LogP contribution is 2.30. The van der Waals surface area contributed by atoms with Crippen molar-refractivity contribution in [2.45, 2.75) is 92.8 Å². The number of nitrogens with zero attached hydrogens (tertiary/aromatic N) is 1. The van der Waals surface area contributed by atoms with Crippen LogP contribution in [0.4, 0.5) is 10.5 Å². The van der Waals surface area contributed by atoms with Crippen LogP contribution in [-0.4, -0.2) is 41.0 Å².